The fraction of sp³-hybridized carbons (Fsp3) is 0.333. The van der Waals surface area contributed by atoms with Gasteiger partial charge >= 0.3 is 5.97 Å². The standard InChI is InChI=1S/C21H24N2O5S/c1-14-6-12-17(13-7-14)29(27,28)23-19-5-3-2-4-18(19)20(24)22-16-10-8-15(9-11-16)21(25)26/h2-7,12-13,15-16,23H,8-11H2,1H3,(H,22,24)(H,25,26)/t15-,16-. The first kappa shape index (κ1) is 20.9. The number of carboxylic acid groups (broad SMARTS) is 1. The molecule has 1 aliphatic rings. The van der Waals surface area contributed by atoms with Gasteiger partial charge in [-0.2, -0.15) is 0 Å². The molecule has 0 bridgehead atoms. The summed E-state index contributed by atoms with van der Waals surface area (Å²) < 4.78 is 27.9. The van der Waals surface area contributed by atoms with Crippen LogP contribution in [0.25, 0.3) is 0 Å². The van der Waals surface area contributed by atoms with Crippen molar-refractivity contribution >= 4 is 27.6 Å². The molecule has 0 saturated heterocycles. The summed E-state index contributed by atoms with van der Waals surface area (Å²) in [4.78, 5) is 23.9. The molecule has 7 nitrogen and oxygen atoms in total. The highest BCUT2D eigenvalue weighted by Gasteiger charge is 2.27. The number of sulfonamides is 1. The van der Waals surface area contributed by atoms with Crippen molar-refractivity contribution < 1.29 is 23.1 Å². The molecule has 1 saturated carbocycles. The summed E-state index contributed by atoms with van der Waals surface area (Å²) in [6.07, 6.45) is 2.20. The number of aliphatic carboxylic acids is 1. The van der Waals surface area contributed by atoms with E-state index in [1.165, 1.54) is 12.1 Å². The smallest absolute Gasteiger partial charge is 0.306 e. The first-order chi connectivity index (χ1) is 13.8. The van der Waals surface area contributed by atoms with Crippen molar-refractivity contribution in [2.24, 2.45) is 5.92 Å². The second-order valence-electron chi connectivity index (χ2n) is 7.32. The summed E-state index contributed by atoms with van der Waals surface area (Å²) in [6, 6.07) is 12.7. The average Bonchev–Trinajstić information content (AvgIpc) is 2.69. The molecular weight excluding hydrogens is 392 g/mol. The Morgan fingerprint density at radius 2 is 1.59 bits per heavy atom. The van der Waals surface area contributed by atoms with Crippen LogP contribution in [-0.2, 0) is 14.8 Å². The van der Waals surface area contributed by atoms with Crippen molar-refractivity contribution in [2.45, 2.75) is 43.5 Å². The van der Waals surface area contributed by atoms with Gasteiger partial charge in [-0.25, -0.2) is 8.42 Å². The van der Waals surface area contributed by atoms with Gasteiger partial charge in [-0.3, -0.25) is 14.3 Å². The molecule has 154 valence electrons. The first-order valence-electron chi connectivity index (χ1n) is 9.48. The number of amides is 1. The van der Waals surface area contributed by atoms with Gasteiger partial charge in [0.15, 0.2) is 0 Å². The van der Waals surface area contributed by atoms with Crippen LogP contribution < -0.4 is 10.0 Å². The number of carboxylic acids is 1. The van der Waals surface area contributed by atoms with Crippen molar-refractivity contribution in [3.8, 4) is 0 Å². The van der Waals surface area contributed by atoms with Gasteiger partial charge in [-0.05, 0) is 56.9 Å². The molecule has 2 aromatic carbocycles. The number of para-hydroxylation sites is 1. The van der Waals surface area contributed by atoms with E-state index < -0.39 is 16.0 Å². The fourth-order valence-corrected chi connectivity index (χ4v) is 4.52. The monoisotopic (exact) mass is 416 g/mol. The number of rotatable bonds is 6. The molecule has 0 radical (unpaired) electrons. The zero-order valence-corrected chi connectivity index (χ0v) is 16.9. The van der Waals surface area contributed by atoms with Crippen molar-refractivity contribution in [1.29, 1.82) is 0 Å². The highest BCUT2D eigenvalue weighted by Crippen LogP contribution is 2.26. The van der Waals surface area contributed by atoms with E-state index in [0.717, 1.165) is 5.56 Å². The second kappa shape index (κ2) is 8.65. The lowest BCUT2D eigenvalue weighted by Crippen LogP contribution is -2.39. The third-order valence-corrected chi connectivity index (χ3v) is 6.54. The van der Waals surface area contributed by atoms with Crippen LogP contribution in [0.3, 0.4) is 0 Å². The van der Waals surface area contributed by atoms with E-state index in [-0.39, 0.29) is 34.0 Å². The summed E-state index contributed by atoms with van der Waals surface area (Å²) in [5.41, 5.74) is 1.37. The van der Waals surface area contributed by atoms with Crippen LogP contribution in [0.2, 0.25) is 0 Å². The Labute approximate surface area is 170 Å². The number of hydrogen-bond acceptors (Lipinski definition) is 4. The maximum Gasteiger partial charge on any atom is 0.306 e. The molecule has 1 fully saturated rings. The van der Waals surface area contributed by atoms with Gasteiger partial charge in [0.05, 0.1) is 22.1 Å². The third kappa shape index (κ3) is 5.14. The largest absolute Gasteiger partial charge is 0.481 e. The van der Waals surface area contributed by atoms with E-state index in [1.54, 1.807) is 36.4 Å². The quantitative estimate of drug-likeness (QED) is 0.669. The van der Waals surface area contributed by atoms with Gasteiger partial charge in [0, 0.05) is 6.04 Å². The molecule has 1 amide bonds. The van der Waals surface area contributed by atoms with E-state index in [1.807, 2.05) is 6.92 Å². The summed E-state index contributed by atoms with van der Waals surface area (Å²) in [5, 5.41) is 12.0. The molecule has 2 aromatic rings. The normalized spacial score (nSPS) is 19.3. The van der Waals surface area contributed by atoms with Crippen LogP contribution in [0.1, 0.15) is 41.6 Å². The maximum atomic E-state index is 12.8. The van der Waals surface area contributed by atoms with Crippen molar-refractivity contribution in [1.82, 2.24) is 5.32 Å². The van der Waals surface area contributed by atoms with Crippen LogP contribution >= 0.6 is 0 Å². The highest BCUT2D eigenvalue weighted by atomic mass is 32.2. The fourth-order valence-electron chi connectivity index (χ4n) is 3.44. The Morgan fingerprint density at radius 1 is 0.966 bits per heavy atom. The Hall–Kier alpha value is -2.87. The zero-order chi connectivity index (χ0) is 21.0. The molecule has 3 rings (SSSR count). The molecule has 0 aliphatic heterocycles. The predicted octanol–water partition coefficient (Wildman–Crippen LogP) is 3.17. The van der Waals surface area contributed by atoms with Crippen molar-refractivity contribution in [2.75, 3.05) is 4.72 Å². The van der Waals surface area contributed by atoms with Crippen molar-refractivity contribution in [3.63, 3.8) is 0 Å². The van der Waals surface area contributed by atoms with Crippen LogP contribution in [0.4, 0.5) is 5.69 Å². The maximum absolute atomic E-state index is 12.8. The Kier molecular flexibility index (Phi) is 6.22. The topological polar surface area (TPSA) is 113 Å². The molecule has 0 aromatic heterocycles. The number of anilines is 1. The molecule has 0 atom stereocenters. The van der Waals surface area contributed by atoms with E-state index in [2.05, 4.69) is 10.0 Å². The van der Waals surface area contributed by atoms with Gasteiger partial charge in [0.1, 0.15) is 0 Å². The zero-order valence-electron chi connectivity index (χ0n) is 16.1. The van der Waals surface area contributed by atoms with Gasteiger partial charge in [0.2, 0.25) is 0 Å². The number of nitrogens with one attached hydrogen (secondary N) is 2. The SMILES string of the molecule is Cc1ccc(S(=O)(=O)Nc2ccccc2C(=O)N[C@H]2CC[C@H](C(=O)O)CC2)cc1. The molecule has 8 heteroatoms. The minimum Gasteiger partial charge on any atom is -0.481 e. The predicted molar refractivity (Wildman–Crippen MR) is 109 cm³/mol. The number of hydrogen-bond donors (Lipinski definition) is 3. The van der Waals surface area contributed by atoms with Crippen LogP contribution in [0.15, 0.2) is 53.4 Å². The summed E-state index contributed by atoms with van der Waals surface area (Å²) in [7, 11) is -3.83. The Balaban J connectivity index is 1.72. The first-order valence-corrected chi connectivity index (χ1v) is 11.0. The lowest BCUT2D eigenvalue weighted by atomic mass is 9.86. The lowest BCUT2D eigenvalue weighted by molar-refractivity contribution is -0.142. The van der Waals surface area contributed by atoms with E-state index >= 15 is 0 Å². The molecule has 0 unspecified atom stereocenters. The number of carbonyl (C=O) groups excluding carboxylic acids is 1. The summed E-state index contributed by atoms with van der Waals surface area (Å²) in [6.45, 7) is 1.87. The summed E-state index contributed by atoms with van der Waals surface area (Å²) >= 11 is 0. The number of carbonyl (C=O) groups is 2. The van der Waals surface area contributed by atoms with Crippen LogP contribution in [-0.4, -0.2) is 31.4 Å². The van der Waals surface area contributed by atoms with Gasteiger partial charge in [-0.1, -0.05) is 29.8 Å². The Morgan fingerprint density at radius 3 is 2.21 bits per heavy atom. The van der Waals surface area contributed by atoms with E-state index in [9.17, 15) is 18.0 Å². The molecular formula is C21H24N2O5S. The molecule has 3 N–H and O–H groups in total. The Bertz CT molecular complexity index is 994. The van der Waals surface area contributed by atoms with Gasteiger partial charge in [0.25, 0.3) is 15.9 Å². The van der Waals surface area contributed by atoms with Crippen LogP contribution in [0, 0.1) is 12.8 Å². The highest BCUT2D eigenvalue weighted by molar-refractivity contribution is 7.92. The van der Waals surface area contributed by atoms with E-state index in [4.69, 9.17) is 5.11 Å². The lowest BCUT2D eigenvalue weighted by Gasteiger charge is -2.27. The molecule has 0 heterocycles. The van der Waals surface area contributed by atoms with E-state index in [0.29, 0.717) is 25.7 Å². The molecule has 1 aliphatic carbocycles. The van der Waals surface area contributed by atoms with Gasteiger partial charge < -0.3 is 10.4 Å². The van der Waals surface area contributed by atoms with Gasteiger partial charge in [-0.15, -0.1) is 0 Å². The van der Waals surface area contributed by atoms with Crippen LogP contribution in [0.5, 0.6) is 0 Å². The average molecular weight is 416 g/mol. The number of benzene rings is 2. The van der Waals surface area contributed by atoms with Crippen molar-refractivity contribution in [3.05, 3.63) is 59.7 Å². The molecule has 29 heavy (non-hydrogen) atoms. The second-order valence-corrected chi connectivity index (χ2v) is 9.01. The minimum atomic E-state index is -3.83. The third-order valence-electron chi connectivity index (χ3n) is 5.16. The number of aryl methyl sites for hydroxylation is 1. The minimum absolute atomic E-state index is 0.116. The summed E-state index contributed by atoms with van der Waals surface area (Å²) in [5.74, 6) is -1.55. The molecule has 0 spiro atoms.